The standard InChI is InChI=1S/C25H25BrN2O3/c1-17(2)16-31-23-12-11-20(14-22(23)26)25(30)28-21-10-6-9-19(13-21)24(29)27-15-18-7-4-3-5-8-18/h3-14,17H,15-16H2,1-2H3,(H,27,29)(H,28,30). The number of carbonyl (C=O) groups excluding carboxylic acids is 2. The Morgan fingerprint density at radius 3 is 2.35 bits per heavy atom. The van der Waals surface area contributed by atoms with E-state index >= 15 is 0 Å². The molecule has 0 aliphatic carbocycles. The van der Waals surface area contributed by atoms with Crippen molar-refractivity contribution in [1.82, 2.24) is 5.32 Å². The summed E-state index contributed by atoms with van der Waals surface area (Å²) in [5.41, 5.74) is 2.54. The number of halogens is 1. The largest absolute Gasteiger partial charge is 0.492 e. The summed E-state index contributed by atoms with van der Waals surface area (Å²) in [7, 11) is 0. The maximum absolute atomic E-state index is 12.7. The monoisotopic (exact) mass is 480 g/mol. The fourth-order valence-electron chi connectivity index (χ4n) is 2.84. The van der Waals surface area contributed by atoms with E-state index in [1.54, 1.807) is 42.5 Å². The molecule has 2 amide bonds. The van der Waals surface area contributed by atoms with Crippen molar-refractivity contribution in [2.45, 2.75) is 20.4 Å². The zero-order valence-electron chi connectivity index (χ0n) is 17.5. The minimum Gasteiger partial charge on any atom is -0.492 e. The van der Waals surface area contributed by atoms with Crippen LogP contribution < -0.4 is 15.4 Å². The van der Waals surface area contributed by atoms with Crippen molar-refractivity contribution in [3.8, 4) is 5.75 Å². The Labute approximate surface area is 191 Å². The van der Waals surface area contributed by atoms with Crippen LogP contribution in [-0.2, 0) is 6.54 Å². The molecule has 0 saturated carbocycles. The molecule has 3 aromatic rings. The summed E-state index contributed by atoms with van der Waals surface area (Å²) in [6.45, 7) is 5.19. The second-order valence-corrected chi connectivity index (χ2v) is 8.41. The van der Waals surface area contributed by atoms with Crippen LogP contribution in [0.5, 0.6) is 5.75 Å². The predicted octanol–water partition coefficient (Wildman–Crippen LogP) is 5.67. The summed E-state index contributed by atoms with van der Waals surface area (Å²) in [5, 5.41) is 5.73. The first-order chi connectivity index (χ1) is 14.9. The lowest BCUT2D eigenvalue weighted by Crippen LogP contribution is -2.23. The summed E-state index contributed by atoms with van der Waals surface area (Å²) in [6.07, 6.45) is 0. The SMILES string of the molecule is CC(C)COc1ccc(C(=O)Nc2cccc(C(=O)NCc3ccccc3)c2)cc1Br. The highest BCUT2D eigenvalue weighted by atomic mass is 79.9. The molecule has 6 heteroatoms. The number of benzene rings is 3. The third-order valence-corrected chi connectivity index (χ3v) is 5.06. The lowest BCUT2D eigenvalue weighted by Gasteiger charge is -2.12. The highest BCUT2D eigenvalue weighted by Gasteiger charge is 2.12. The van der Waals surface area contributed by atoms with Crippen LogP contribution in [0.25, 0.3) is 0 Å². The normalized spacial score (nSPS) is 10.6. The highest BCUT2D eigenvalue weighted by Crippen LogP contribution is 2.27. The third-order valence-electron chi connectivity index (χ3n) is 4.44. The van der Waals surface area contributed by atoms with Crippen LogP contribution in [-0.4, -0.2) is 18.4 Å². The molecular formula is C25H25BrN2O3. The molecule has 0 heterocycles. The average molecular weight is 481 g/mol. The van der Waals surface area contributed by atoms with Gasteiger partial charge in [-0.05, 0) is 63.8 Å². The first-order valence-electron chi connectivity index (χ1n) is 10.1. The number of nitrogens with one attached hydrogen (secondary N) is 2. The van der Waals surface area contributed by atoms with Crippen LogP contribution in [0.3, 0.4) is 0 Å². The first-order valence-corrected chi connectivity index (χ1v) is 10.9. The molecule has 31 heavy (non-hydrogen) atoms. The van der Waals surface area contributed by atoms with E-state index < -0.39 is 0 Å². The molecule has 0 aromatic heterocycles. The molecule has 0 radical (unpaired) electrons. The van der Waals surface area contributed by atoms with Crippen LogP contribution in [0.15, 0.2) is 77.3 Å². The number of anilines is 1. The van der Waals surface area contributed by atoms with Crippen LogP contribution in [0.2, 0.25) is 0 Å². The molecule has 3 aromatic carbocycles. The third kappa shape index (κ3) is 6.69. The fourth-order valence-corrected chi connectivity index (χ4v) is 3.33. The quantitative estimate of drug-likeness (QED) is 0.436. The van der Waals surface area contributed by atoms with Crippen LogP contribution in [0.1, 0.15) is 40.1 Å². The number of hydrogen-bond donors (Lipinski definition) is 2. The highest BCUT2D eigenvalue weighted by molar-refractivity contribution is 9.10. The summed E-state index contributed by atoms with van der Waals surface area (Å²) in [6, 6.07) is 21.8. The molecule has 0 fully saturated rings. The van der Waals surface area contributed by atoms with E-state index in [0.29, 0.717) is 41.6 Å². The first kappa shape index (κ1) is 22.6. The Hall–Kier alpha value is -3.12. The summed E-state index contributed by atoms with van der Waals surface area (Å²) in [5.74, 6) is 0.640. The Balaban J connectivity index is 1.63. The lowest BCUT2D eigenvalue weighted by atomic mass is 10.1. The average Bonchev–Trinajstić information content (AvgIpc) is 2.77. The molecule has 0 unspecified atom stereocenters. The number of carbonyl (C=O) groups is 2. The van der Waals surface area contributed by atoms with Gasteiger partial charge in [0.2, 0.25) is 0 Å². The van der Waals surface area contributed by atoms with E-state index in [1.165, 1.54) is 0 Å². The molecule has 160 valence electrons. The van der Waals surface area contributed by atoms with E-state index in [1.807, 2.05) is 30.3 Å². The smallest absolute Gasteiger partial charge is 0.255 e. The zero-order valence-corrected chi connectivity index (χ0v) is 19.1. The van der Waals surface area contributed by atoms with Gasteiger partial charge >= 0.3 is 0 Å². The Morgan fingerprint density at radius 2 is 1.65 bits per heavy atom. The molecule has 0 bridgehead atoms. The van der Waals surface area contributed by atoms with Gasteiger partial charge in [-0.3, -0.25) is 9.59 Å². The zero-order chi connectivity index (χ0) is 22.2. The molecule has 0 aliphatic heterocycles. The second-order valence-electron chi connectivity index (χ2n) is 7.55. The molecule has 0 saturated heterocycles. The van der Waals surface area contributed by atoms with E-state index in [9.17, 15) is 9.59 Å². The number of rotatable bonds is 8. The van der Waals surface area contributed by atoms with Gasteiger partial charge in [0.05, 0.1) is 11.1 Å². The summed E-state index contributed by atoms with van der Waals surface area (Å²) < 4.78 is 6.44. The van der Waals surface area contributed by atoms with Crippen LogP contribution in [0, 0.1) is 5.92 Å². The Bertz CT molecular complexity index is 1050. The Morgan fingerprint density at radius 1 is 0.903 bits per heavy atom. The topological polar surface area (TPSA) is 67.4 Å². The van der Waals surface area contributed by atoms with Crippen molar-refractivity contribution >= 4 is 33.4 Å². The van der Waals surface area contributed by atoms with Gasteiger partial charge in [0, 0.05) is 23.4 Å². The molecular weight excluding hydrogens is 456 g/mol. The van der Waals surface area contributed by atoms with Crippen LogP contribution in [0.4, 0.5) is 5.69 Å². The number of amides is 2. The van der Waals surface area contributed by atoms with Crippen molar-refractivity contribution in [3.63, 3.8) is 0 Å². The minimum absolute atomic E-state index is 0.200. The van der Waals surface area contributed by atoms with Gasteiger partial charge in [-0.25, -0.2) is 0 Å². The molecule has 0 atom stereocenters. The van der Waals surface area contributed by atoms with Crippen molar-refractivity contribution < 1.29 is 14.3 Å². The van der Waals surface area contributed by atoms with Gasteiger partial charge < -0.3 is 15.4 Å². The van der Waals surface area contributed by atoms with Gasteiger partial charge in [0.1, 0.15) is 5.75 Å². The second kappa shape index (κ2) is 10.8. The maximum Gasteiger partial charge on any atom is 0.255 e. The fraction of sp³-hybridized carbons (Fsp3) is 0.200. The van der Waals surface area contributed by atoms with E-state index in [0.717, 1.165) is 10.0 Å². The van der Waals surface area contributed by atoms with Gasteiger partial charge in [0.25, 0.3) is 11.8 Å². The van der Waals surface area contributed by atoms with Crippen LogP contribution >= 0.6 is 15.9 Å². The maximum atomic E-state index is 12.7. The Kier molecular flexibility index (Phi) is 7.84. The van der Waals surface area contributed by atoms with Crippen molar-refractivity contribution in [1.29, 1.82) is 0 Å². The van der Waals surface area contributed by atoms with Gasteiger partial charge in [-0.2, -0.15) is 0 Å². The van der Waals surface area contributed by atoms with E-state index in [-0.39, 0.29) is 11.8 Å². The minimum atomic E-state index is -0.266. The van der Waals surface area contributed by atoms with Gasteiger partial charge in [-0.15, -0.1) is 0 Å². The van der Waals surface area contributed by atoms with E-state index in [4.69, 9.17) is 4.74 Å². The van der Waals surface area contributed by atoms with Crippen molar-refractivity contribution in [2.75, 3.05) is 11.9 Å². The number of hydrogen-bond acceptors (Lipinski definition) is 3. The van der Waals surface area contributed by atoms with Gasteiger partial charge in [0.15, 0.2) is 0 Å². The lowest BCUT2D eigenvalue weighted by molar-refractivity contribution is 0.0949. The molecule has 0 spiro atoms. The number of ether oxygens (including phenoxy) is 1. The molecule has 0 aliphatic rings. The van der Waals surface area contributed by atoms with Gasteiger partial charge in [-0.1, -0.05) is 50.2 Å². The predicted molar refractivity (Wildman–Crippen MR) is 126 cm³/mol. The summed E-state index contributed by atoms with van der Waals surface area (Å²) in [4.78, 5) is 25.1. The molecule has 5 nitrogen and oxygen atoms in total. The van der Waals surface area contributed by atoms with Crippen molar-refractivity contribution in [2.24, 2.45) is 5.92 Å². The van der Waals surface area contributed by atoms with E-state index in [2.05, 4.69) is 40.4 Å². The molecule has 2 N–H and O–H groups in total. The summed E-state index contributed by atoms with van der Waals surface area (Å²) >= 11 is 3.46. The molecule has 3 rings (SSSR count). The van der Waals surface area contributed by atoms with Crippen molar-refractivity contribution in [3.05, 3.63) is 94.0 Å².